The Morgan fingerprint density at radius 3 is 2.62 bits per heavy atom. The van der Waals surface area contributed by atoms with E-state index in [0.29, 0.717) is 0 Å². The van der Waals surface area contributed by atoms with E-state index < -0.39 is 0 Å². The van der Waals surface area contributed by atoms with Crippen LogP contribution in [0.2, 0.25) is 0 Å². The van der Waals surface area contributed by atoms with Gasteiger partial charge in [0.15, 0.2) is 6.54 Å². The van der Waals surface area contributed by atoms with Crippen molar-refractivity contribution in [3.63, 3.8) is 0 Å². The second-order valence-corrected chi connectivity index (χ2v) is 5.04. The predicted octanol–water partition coefficient (Wildman–Crippen LogP) is 1.40. The van der Waals surface area contributed by atoms with Gasteiger partial charge in [-0.15, -0.1) is 0 Å². The van der Waals surface area contributed by atoms with Crippen LogP contribution in [0.3, 0.4) is 0 Å². The number of hydrogen-bond donors (Lipinski definition) is 2. The van der Waals surface area contributed by atoms with Gasteiger partial charge >= 0.3 is 5.97 Å². The maximum absolute atomic E-state index is 11.4. The second-order valence-electron chi connectivity index (χ2n) is 5.04. The highest BCUT2D eigenvalue weighted by atomic mass is 16.5. The van der Waals surface area contributed by atoms with E-state index in [1.807, 2.05) is 54.7 Å². The molecule has 110 valence electrons. The van der Waals surface area contributed by atoms with Crippen LogP contribution in [-0.2, 0) is 9.53 Å². The Hall–Kier alpha value is -2.33. The zero-order valence-corrected chi connectivity index (χ0v) is 12.4. The minimum atomic E-state index is -0.248. The molecule has 2 aromatic carbocycles. The topological polar surface area (TPSA) is 68.9 Å². The van der Waals surface area contributed by atoms with E-state index in [2.05, 4.69) is 6.07 Å². The lowest BCUT2D eigenvalue weighted by Crippen LogP contribution is -2.87. The number of ether oxygens (including phenoxy) is 1. The molecule has 1 unspecified atom stereocenters. The van der Waals surface area contributed by atoms with Gasteiger partial charge in [0, 0.05) is 16.8 Å². The van der Waals surface area contributed by atoms with Crippen molar-refractivity contribution in [2.75, 3.05) is 19.4 Å². The van der Waals surface area contributed by atoms with Crippen LogP contribution >= 0.6 is 0 Å². The summed E-state index contributed by atoms with van der Waals surface area (Å²) < 4.78 is 4.72. The summed E-state index contributed by atoms with van der Waals surface area (Å²) in [7, 11) is 1.40. The van der Waals surface area contributed by atoms with E-state index in [-0.39, 0.29) is 18.6 Å². The highest BCUT2D eigenvalue weighted by molar-refractivity contribution is 5.70. The van der Waals surface area contributed by atoms with Gasteiger partial charge in [0.1, 0.15) is 6.04 Å². The molecule has 0 aromatic heterocycles. The normalized spacial score (nSPS) is 11.9. The summed E-state index contributed by atoms with van der Waals surface area (Å²) in [5.41, 5.74) is 10.1. The molecule has 0 amide bonds. The molecule has 0 spiro atoms. The van der Waals surface area contributed by atoms with Crippen molar-refractivity contribution in [2.45, 2.75) is 13.0 Å². The van der Waals surface area contributed by atoms with E-state index in [4.69, 9.17) is 10.5 Å². The number of anilines is 1. The van der Waals surface area contributed by atoms with E-state index in [9.17, 15) is 4.79 Å². The van der Waals surface area contributed by atoms with Crippen LogP contribution in [-0.4, -0.2) is 19.6 Å². The highest BCUT2D eigenvalue weighted by Crippen LogP contribution is 2.24. The van der Waals surface area contributed by atoms with E-state index in [1.165, 1.54) is 7.11 Å². The maximum atomic E-state index is 11.4. The Morgan fingerprint density at radius 1 is 1.24 bits per heavy atom. The number of nitrogens with two attached hydrogens (primary N) is 2. The van der Waals surface area contributed by atoms with Gasteiger partial charge in [0.05, 0.1) is 7.11 Å². The fraction of sp³-hybridized carbons (Fsp3) is 0.235. The van der Waals surface area contributed by atoms with Gasteiger partial charge in [-0.1, -0.05) is 42.0 Å². The Bertz CT molecular complexity index is 611. The second kappa shape index (κ2) is 6.90. The lowest BCUT2D eigenvalue weighted by Gasteiger charge is -2.18. The number of carbonyl (C=O) groups is 1. The molecule has 0 bridgehead atoms. The molecule has 0 saturated heterocycles. The summed E-state index contributed by atoms with van der Waals surface area (Å²) in [6, 6.07) is 16.0. The molecule has 0 radical (unpaired) electrons. The molecule has 0 heterocycles. The van der Waals surface area contributed by atoms with Crippen LogP contribution in [0.5, 0.6) is 0 Å². The molecule has 0 saturated carbocycles. The quantitative estimate of drug-likeness (QED) is 0.644. The fourth-order valence-corrected chi connectivity index (χ4v) is 2.36. The fourth-order valence-electron chi connectivity index (χ4n) is 2.36. The summed E-state index contributed by atoms with van der Waals surface area (Å²) in [5, 5.41) is 1.95. The molecule has 4 nitrogen and oxygen atoms in total. The number of nitrogen functional groups attached to an aromatic ring is 1. The lowest BCUT2D eigenvalue weighted by molar-refractivity contribution is -0.677. The van der Waals surface area contributed by atoms with Crippen LogP contribution in [0, 0.1) is 6.92 Å². The molecule has 21 heavy (non-hydrogen) atoms. The summed E-state index contributed by atoms with van der Waals surface area (Å²) in [4.78, 5) is 11.4. The number of rotatable bonds is 5. The minimum Gasteiger partial charge on any atom is -0.465 e. The van der Waals surface area contributed by atoms with Crippen molar-refractivity contribution in [2.24, 2.45) is 0 Å². The first-order valence-corrected chi connectivity index (χ1v) is 6.93. The molecule has 1 atom stereocenters. The number of hydrogen-bond acceptors (Lipinski definition) is 3. The van der Waals surface area contributed by atoms with Crippen LogP contribution < -0.4 is 11.1 Å². The first-order chi connectivity index (χ1) is 10.1. The largest absolute Gasteiger partial charge is 0.465 e. The number of methoxy groups -OCH3 is 1. The monoisotopic (exact) mass is 285 g/mol. The number of quaternary nitrogens is 1. The van der Waals surface area contributed by atoms with Gasteiger partial charge in [0.25, 0.3) is 0 Å². The Morgan fingerprint density at radius 2 is 1.95 bits per heavy atom. The highest BCUT2D eigenvalue weighted by Gasteiger charge is 2.21. The Kier molecular flexibility index (Phi) is 4.95. The van der Waals surface area contributed by atoms with Gasteiger partial charge in [-0.3, -0.25) is 0 Å². The van der Waals surface area contributed by atoms with Gasteiger partial charge in [-0.05, 0) is 19.1 Å². The van der Waals surface area contributed by atoms with Gasteiger partial charge in [-0.2, -0.15) is 0 Å². The smallest absolute Gasteiger partial charge is 0.361 e. The van der Waals surface area contributed by atoms with Gasteiger partial charge in [0.2, 0.25) is 0 Å². The molecule has 4 N–H and O–H groups in total. The van der Waals surface area contributed by atoms with Crippen LogP contribution in [0.25, 0.3) is 0 Å². The maximum Gasteiger partial charge on any atom is 0.361 e. The number of carbonyl (C=O) groups excluding carboxylic acids is 1. The van der Waals surface area contributed by atoms with Crippen LogP contribution in [0.1, 0.15) is 22.7 Å². The average Bonchev–Trinajstić information content (AvgIpc) is 2.51. The molecule has 2 rings (SSSR count). The third-order valence-electron chi connectivity index (χ3n) is 3.48. The first kappa shape index (κ1) is 15.1. The predicted molar refractivity (Wildman–Crippen MR) is 82.7 cm³/mol. The standard InChI is InChI=1S/C17H20N2O2/c1-12-8-9-15(18)14(10-12)17(19-11-16(20)21-2)13-6-4-3-5-7-13/h3-10,17,19H,11,18H2,1-2H3/p+1. The summed E-state index contributed by atoms with van der Waals surface area (Å²) in [6.07, 6.45) is 0. The van der Waals surface area contributed by atoms with E-state index in [1.54, 1.807) is 0 Å². The molecular formula is C17H21N2O2+. The molecule has 0 aliphatic heterocycles. The SMILES string of the molecule is COC(=O)C[NH2+]C(c1ccccc1)c1cc(C)ccc1N. The molecular weight excluding hydrogens is 264 g/mol. The minimum absolute atomic E-state index is 0.0230. The van der Waals surface area contributed by atoms with Crippen molar-refractivity contribution in [1.29, 1.82) is 0 Å². The average molecular weight is 285 g/mol. The number of benzene rings is 2. The van der Waals surface area contributed by atoms with E-state index in [0.717, 1.165) is 22.4 Å². The summed E-state index contributed by atoms with van der Waals surface area (Å²) >= 11 is 0. The third kappa shape index (κ3) is 3.83. The molecule has 4 heteroatoms. The number of aryl methyl sites for hydroxylation is 1. The zero-order chi connectivity index (χ0) is 15.2. The van der Waals surface area contributed by atoms with E-state index >= 15 is 0 Å². The van der Waals surface area contributed by atoms with Crippen molar-refractivity contribution in [3.8, 4) is 0 Å². The van der Waals surface area contributed by atoms with Gasteiger partial charge < -0.3 is 15.8 Å². The molecule has 0 fully saturated rings. The van der Waals surface area contributed by atoms with Crippen LogP contribution in [0.15, 0.2) is 48.5 Å². The van der Waals surface area contributed by atoms with Gasteiger partial charge in [-0.25, -0.2) is 4.79 Å². The molecule has 2 aromatic rings. The molecule has 0 aliphatic rings. The third-order valence-corrected chi connectivity index (χ3v) is 3.48. The zero-order valence-electron chi connectivity index (χ0n) is 12.4. The molecule has 0 aliphatic carbocycles. The summed E-state index contributed by atoms with van der Waals surface area (Å²) in [6.45, 7) is 2.29. The van der Waals surface area contributed by atoms with Crippen LogP contribution in [0.4, 0.5) is 5.69 Å². The lowest BCUT2D eigenvalue weighted by atomic mass is 9.96. The van der Waals surface area contributed by atoms with Crippen molar-refractivity contribution in [1.82, 2.24) is 0 Å². The number of esters is 1. The summed E-state index contributed by atoms with van der Waals surface area (Å²) in [5.74, 6) is -0.248. The van der Waals surface area contributed by atoms with Crippen molar-refractivity contribution >= 4 is 11.7 Å². The first-order valence-electron chi connectivity index (χ1n) is 6.93. The van der Waals surface area contributed by atoms with Crippen molar-refractivity contribution in [3.05, 3.63) is 65.2 Å². The Balaban J connectivity index is 2.35. The van der Waals surface area contributed by atoms with Crippen molar-refractivity contribution < 1.29 is 14.8 Å². The Labute approximate surface area is 124 Å².